The van der Waals surface area contributed by atoms with E-state index < -0.39 is 5.91 Å². The fourth-order valence-electron chi connectivity index (χ4n) is 2.54. The van der Waals surface area contributed by atoms with Gasteiger partial charge in [-0.15, -0.1) is 0 Å². The third-order valence-electron chi connectivity index (χ3n) is 3.87. The molecule has 0 saturated carbocycles. The number of benzene rings is 1. The minimum absolute atomic E-state index is 0.0878. The van der Waals surface area contributed by atoms with Gasteiger partial charge in [0.2, 0.25) is 11.8 Å². The van der Waals surface area contributed by atoms with E-state index in [4.69, 9.17) is 11.5 Å². The van der Waals surface area contributed by atoms with Crippen LogP contribution in [-0.4, -0.2) is 42.4 Å². The molecule has 1 aromatic carbocycles. The fourth-order valence-corrected chi connectivity index (χ4v) is 2.54. The largest absolute Gasteiger partial charge is 0.366 e. The Bertz CT molecular complexity index is 536. The lowest BCUT2D eigenvalue weighted by Crippen LogP contribution is -2.43. The van der Waals surface area contributed by atoms with E-state index in [-0.39, 0.29) is 11.9 Å². The van der Waals surface area contributed by atoms with Gasteiger partial charge in [-0.3, -0.25) is 14.5 Å². The maximum Gasteiger partial charge on any atom is 0.249 e. The van der Waals surface area contributed by atoms with Gasteiger partial charge in [0.15, 0.2) is 0 Å². The van der Waals surface area contributed by atoms with Crippen LogP contribution in [0.4, 0.5) is 5.69 Å². The van der Waals surface area contributed by atoms with Crippen molar-refractivity contribution in [2.24, 2.45) is 11.5 Å². The average molecular weight is 290 g/mol. The molecule has 2 rings (SSSR count). The van der Waals surface area contributed by atoms with Gasteiger partial charge in [-0.05, 0) is 37.5 Å². The van der Waals surface area contributed by atoms with Crippen LogP contribution in [0.2, 0.25) is 0 Å². The van der Waals surface area contributed by atoms with E-state index in [9.17, 15) is 9.59 Å². The van der Waals surface area contributed by atoms with E-state index in [1.165, 1.54) is 0 Å². The number of anilines is 1. The van der Waals surface area contributed by atoms with Crippen molar-refractivity contribution in [2.75, 3.05) is 25.0 Å². The Hall–Kier alpha value is -1.92. The van der Waals surface area contributed by atoms with E-state index in [0.29, 0.717) is 23.4 Å². The molecule has 0 aromatic heterocycles. The number of primary amides is 1. The summed E-state index contributed by atoms with van der Waals surface area (Å²) in [6.45, 7) is 3.80. The zero-order valence-electron chi connectivity index (χ0n) is 12.3. The Balaban J connectivity index is 1.97. The highest BCUT2D eigenvalue weighted by molar-refractivity contribution is 5.98. The number of amides is 2. The van der Waals surface area contributed by atoms with Crippen LogP contribution < -0.4 is 16.8 Å². The lowest BCUT2D eigenvalue weighted by atomic mass is 10.1. The zero-order valence-corrected chi connectivity index (χ0v) is 12.3. The molecule has 1 heterocycles. The number of rotatable bonds is 4. The minimum atomic E-state index is -0.492. The summed E-state index contributed by atoms with van der Waals surface area (Å²) in [5.74, 6) is -0.580. The molecule has 21 heavy (non-hydrogen) atoms. The Kier molecular flexibility index (Phi) is 4.93. The number of nitrogens with zero attached hydrogens (tertiary/aromatic N) is 1. The maximum absolute atomic E-state index is 12.1. The highest BCUT2D eigenvalue weighted by Gasteiger charge is 2.18. The first-order chi connectivity index (χ1) is 9.97. The molecular weight excluding hydrogens is 268 g/mol. The molecule has 5 N–H and O–H groups in total. The third kappa shape index (κ3) is 4.03. The summed E-state index contributed by atoms with van der Waals surface area (Å²) in [6, 6.07) is 5.38. The first-order valence-electron chi connectivity index (χ1n) is 7.14. The van der Waals surface area contributed by atoms with E-state index >= 15 is 0 Å². The van der Waals surface area contributed by atoms with Crippen LogP contribution in [-0.2, 0) is 4.79 Å². The molecule has 2 amide bonds. The molecule has 0 atom stereocenters. The maximum atomic E-state index is 12.1. The first kappa shape index (κ1) is 15.5. The molecule has 1 fully saturated rings. The highest BCUT2D eigenvalue weighted by Crippen LogP contribution is 2.18. The Morgan fingerprint density at radius 2 is 2.00 bits per heavy atom. The van der Waals surface area contributed by atoms with Gasteiger partial charge >= 0.3 is 0 Å². The number of likely N-dealkylation sites (tertiary alicyclic amines) is 1. The average Bonchev–Trinajstić information content (AvgIpc) is 2.43. The summed E-state index contributed by atoms with van der Waals surface area (Å²) in [5.41, 5.74) is 12.9. The number of carbonyl (C=O) groups excluding carboxylic acids is 2. The lowest BCUT2D eigenvalue weighted by molar-refractivity contribution is -0.117. The van der Waals surface area contributed by atoms with Gasteiger partial charge in [-0.2, -0.15) is 0 Å². The Morgan fingerprint density at radius 1 is 1.33 bits per heavy atom. The third-order valence-corrected chi connectivity index (χ3v) is 3.87. The molecule has 6 heteroatoms. The number of nitrogens with two attached hydrogens (primary N) is 2. The van der Waals surface area contributed by atoms with Crippen molar-refractivity contribution >= 4 is 17.5 Å². The van der Waals surface area contributed by atoms with Crippen molar-refractivity contribution in [3.8, 4) is 0 Å². The number of nitrogens with one attached hydrogen (secondary N) is 1. The van der Waals surface area contributed by atoms with E-state index in [0.717, 1.165) is 25.9 Å². The van der Waals surface area contributed by atoms with Gasteiger partial charge in [0.25, 0.3) is 0 Å². The molecule has 0 spiro atoms. The molecule has 6 nitrogen and oxygen atoms in total. The van der Waals surface area contributed by atoms with Crippen LogP contribution in [0, 0.1) is 6.92 Å². The van der Waals surface area contributed by atoms with Crippen molar-refractivity contribution in [1.29, 1.82) is 0 Å². The minimum Gasteiger partial charge on any atom is -0.366 e. The van der Waals surface area contributed by atoms with Crippen LogP contribution in [0.15, 0.2) is 18.2 Å². The standard InChI is InChI=1S/C15H22N4O2/c1-10-12(15(17)21)3-2-4-13(10)18-14(20)9-19-7-5-11(16)6-8-19/h2-4,11H,5-9,16H2,1H3,(H2,17,21)(H,18,20). The Labute approximate surface area is 124 Å². The van der Waals surface area contributed by atoms with Gasteiger partial charge in [0.1, 0.15) is 0 Å². The summed E-state index contributed by atoms with van der Waals surface area (Å²) >= 11 is 0. The summed E-state index contributed by atoms with van der Waals surface area (Å²) in [7, 11) is 0. The monoisotopic (exact) mass is 290 g/mol. The van der Waals surface area contributed by atoms with Crippen molar-refractivity contribution in [2.45, 2.75) is 25.8 Å². The van der Waals surface area contributed by atoms with Gasteiger partial charge in [0, 0.05) is 30.4 Å². The molecule has 0 unspecified atom stereocenters. The van der Waals surface area contributed by atoms with Crippen LogP contribution in [0.25, 0.3) is 0 Å². The molecular formula is C15H22N4O2. The van der Waals surface area contributed by atoms with E-state index in [1.807, 2.05) is 0 Å². The lowest BCUT2D eigenvalue weighted by Gasteiger charge is -2.29. The van der Waals surface area contributed by atoms with Crippen molar-refractivity contribution < 1.29 is 9.59 Å². The quantitative estimate of drug-likeness (QED) is 0.749. The summed E-state index contributed by atoms with van der Waals surface area (Å²) in [5, 5.41) is 2.84. The topological polar surface area (TPSA) is 101 Å². The molecule has 0 aliphatic carbocycles. The van der Waals surface area contributed by atoms with Crippen LogP contribution in [0.5, 0.6) is 0 Å². The second kappa shape index (κ2) is 6.69. The van der Waals surface area contributed by atoms with E-state index in [1.54, 1.807) is 25.1 Å². The SMILES string of the molecule is Cc1c(NC(=O)CN2CCC(N)CC2)cccc1C(N)=O. The second-order valence-electron chi connectivity index (χ2n) is 5.50. The zero-order chi connectivity index (χ0) is 15.4. The van der Waals surface area contributed by atoms with Crippen molar-refractivity contribution in [3.63, 3.8) is 0 Å². The van der Waals surface area contributed by atoms with E-state index in [2.05, 4.69) is 10.2 Å². The molecule has 1 saturated heterocycles. The number of piperidine rings is 1. The molecule has 1 aliphatic rings. The second-order valence-corrected chi connectivity index (χ2v) is 5.50. The van der Waals surface area contributed by atoms with Crippen molar-refractivity contribution in [1.82, 2.24) is 4.90 Å². The summed E-state index contributed by atoms with van der Waals surface area (Å²) in [6.07, 6.45) is 1.84. The molecule has 1 aliphatic heterocycles. The number of hydrogen-bond acceptors (Lipinski definition) is 4. The molecule has 114 valence electrons. The smallest absolute Gasteiger partial charge is 0.249 e. The highest BCUT2D eigenvalue weighted by atomic mass is 16.2. The van der Waals surface area contributed by atoms with Gasteiger partial charge in [0.05, 0.1) is 6.54 Å². The molecule has 0 bridgehead atoms. The van der Waals surface area contributed by atoms with Gasteiger partial charge in [-0.1, -0.05) is 6.07 Å². The van der Waals surface area contributed by atoms with Crippen LogP contribution in [0.3, 0.4) is 0 Å². The predicted octanol–water partition coefficient (Wildman–Crippen LogP) is 0.456. The number of hydrogen-bond donors (Lipinski definition) is 3. The molecule has 1 aromatic rings. The normalized spacial score (nSPS) is 16.7. The van der Waals surface area contributed by atoms with Crippen LogP contribution >= 0.6 is 0 Å². The van der Waals surface area contributed by atoms with Crippen molar-refractivity contribution in [3.05, 3.63) is 29.3 Å². The summed E-state index contributed by atoms with van der Waals surface area (Å²) in [4.78, 5) is 25.5. The van der Waals surface area contributed by atoms with Gasteiger partial charge in [-0.25, -0.2) is 0 Å². The van der Waals surface area contributed by atoms with Crippen LogP contribution in [0.1, 0.15) is 28.8 Å². The predicted molar refractivity (Wildman–Crippen MR) is 82.0 cm³/mol. The number of carbonyl (C=O) groups is 2. The Morgan fingerprint density at radius 3 is 2.62 bits per heavy atom. The van der Waals surface area contributed by atoms with Gasteiger partial charge < -0.3 is 16.8 Å². The fraction of sp³-hybridized carbons (Fsp3) is 0.467. The molecule has 0 radical (unpaired) electrons. The summed E-state index contributed by atoms with van der Waals surface area (Å²) < 4.78 is 0. The first-order valence-corrected chi connectivity index (χ1v) is 7.14.